The minimum Gasteiger partial charge on any atom is -0.455 e. The van der Waals surface area contributed by atoms with E-state index in [9.17, 15) is 14.9 Å². The Balaban J connectivity index is 1.59. The number of fused-ring (bicyclic) bond motifs is 1. The van der Waals surface area contributed by atoms with Gasteiger partial charge in [-0.1, -0.05) is 0 Å². The highest BCUT2D eigenvalue weighted by Gasteiger charge is 2.13. The number of aromatic amines is 2. The van der Waals surface area contributed by atoms with Gasteiger partial charge in [-0.15, -0.1) is 0 Å². The second-order valence-electron chi connectivity index (χ2n) is 5.69. The first-order valence-electron chi connectivity index (χ1n) is 7.80. The summed E-state index contributed by atoms with van der Waals surface area (Å²) in [6.07, 6.45) is 1.56. The largest absolute Gasteiger partial charge is 0.455 e. The zero-order valence-corrected chi connectivity index (χ0v) is 15.2. The Labute approximate surface area is 159 Å². The van der Waals surface area contributed by atoms with Gasteiger partial charge in [0.25, 0.3) is 5.69 Å². The van der Waals surface area contributed by atoms with Crippen molar-refractivity contribution in [1.29, 1.82) is 0 Å². The highest BCUT2D eigenvalue weighted by molar-refractivity contribution is 9.10. The number of non-ortho nitro benzene ring substituents is 1. The van der Waals surface area contributed by atoms with Gasteiger partial charge < -0.3 is 14.4 Å². The summed E-state index contributed by atoms with van der Waals surface area (Å²) in [4.78, 5) is 31.4. The molecule has 0 bridgehead atoms. The number of hydrogen-bond donors (Lipinski definition) is 2. The standard InChI is InChI=1S/C18H11BrN4O4/c19-14-8-11(23(25)26)2-4-13(14)17-6-3-12(27-17)9-20-10-1-5-15-16(7-10)22-18(24)21-15/h1-9H,(H2,21,22,24). The van der Waals surface area contributed by atoms with Crippen LogP contribution in [0.15, 0.2) is 67.2 Å². The molecule has 8 nitrogen and oxygen atoms in total. The lowest BCUT2D eigenvalue weighted by Crippen LogP contribution is -1.99. The van der Waals surface area contributed by atoms with Crippen LogP contribution in [-0.2, 0) is 0 Å². The smallest absolute Gasteiger partial charge is 0.323 e. The third kappa shape index (κ3) is 3.44. The normalized spacial score (nSPS) is 11.4. The average molecular weight is 427 g/mol. The molecule has 4 rings (SSSR count). The number of benzene rings is 2. The molecule has 0 amide bonds. The number of nitro groups is 1. The zero-order valence-electron chi connectivity index (χ0n) is 13.6. The van der Waals surface area contributed by atoms with Gasteiger partial charge in [-0.2, -0.15) is 0 Å². The highest BCUT2D eigenvalue weighted by Crippen LogP contribution is 2.32. The fourth-order valence-electron chi connectivity index (χ4n) is 2.62. The van der Waals surface area contributed by atoms with Crippen molar-refractivity contribution in [2.24, 2.45) is 4.99 Å². The number of halogens is 1. The molecule has 0 aliphatic carbocycles. The fraction of sp³-hybridized carbons (Fsp3) is 0. The molecule has 9 heteroatoms. The first-order chi connectivity index (χ1) is 13.0. The van der Waals surface area contributed by atoms with Crippen LogP contribution in [0.1, 0.15) is 5.76 Å². The Hall–Kier alpha value is -3.46. The van der Waals surface area contributed by atoms with Gasteiger partial charge in [0.2, 0.25) is 0 Å². The summed E-state index contributed by atoms with van der Waals surface area (Å²) < 4.78 is 6.32. The van der Waals surface area contributed by atoms with Crippen LogP contribution in [0.25, 0.3) is 22.4 Å². The minimum absolute atomic E-state index is 0.00263. The van der Waals surface area contributed by atoms with E-state index in [1.54, 1.807) is 42.6 Å². The van der Waals surface area contributed by atoms with Crippen LogP contribution in [0.3, 0.4) is 0 Å². The van der Waals surface area contributed by atoms with Crippen molar-refractivity contribution >= 4 is 44.6 Å². The molecule has 0 aliphatic heterocycles. The third-order valence-electron chi connectivity index (χ3n) is 3.90. The van der Waals surface area contributed by atoms with Gasteiger partial charge in [0.05, 0.1) is 27.9 Å². The molecule has 2 aromatic carbocycles. The molecule has 4 aromatic rings. The molecule has 0 saturated heterocycles. The third-order valence-corrected chi connectivity index (χ3v) is 4.55. The second-order valence-corrected chi connectivity index (χ2v) is 6.54. The maximum Gasteiger partial charge on any atom is 0.323 e. The number of aliphatic imine (C=N–C) groups is 1. The first-order valence-corrected chi connectivity index (χ1v) is 8.59. The molecule has 0 aliphatic rings. The Morgan fingerprint density at radius 3 is 2.67 bits per heavy atom. The van der Waals surface area contributed by atoms with Gasteiger partial charge >= 0.3 is 5.69 Å². The summed E-state index contributed by atoms with van der Waals surface area (Å²) in [6.45, 7) is 0. The molecule has 0 spiro atoms. The lowest BCUT2D eigenvalue weighted by Gasteiger charge is -2.00. The number of nitrogens with zero attached hydrogens (tertiary/aromatic N) is 2. The highest BCUT2D eigenvalue weighted by atomic mass is 79.9. The predicted molar refractivity (Wildman–Crippen MR) is 105 cm³/mol. The fourth-order valence-corrected chi connectivity index (χ4v) is 3.19. The zero-order chi connectivity index (χ0) is 19.0. The van der Waals surface area contributed by atoms with E-state index in [0.717, 1.165) is 0 Å². The molecular formula is C18H11BrN4O4. The molecule has 0 saturated carbocycles. The van der Waals surface area contributed by atoms with Crippen LogP contribution < -0.4 is 5.69 Å². The van der Waals surface area contributed by atoms with Gasteiger partial charge in [-0.3, -0.25) is 15.1 Å². The molecule has 27 heavy (non-hydrogen) atoms. The second kappa shape index (κ2) is 6.69. The van der Waals surface area contributed by atoms with Crippen molar-refractivity contribution in [3.63, 3.8) is 0 Å². The number of nitro benzene ring substituents is 1. The Bertz CT molecular complexity index is 1250. The number of hydrogen-bond acceptors (Lipinski definition) is 5. The van der Waals surface area contributed by atoms with Gasteiger partial charge in [0.1, 0.15) is 11.5 Å². The van der Waals surface area contributed by atoms with Crippen molar-refractivity contribution in [2.45, 2.75) is 0 Å². The van der Waals surface area contributed by atoms with Crippen molar-refractivity contribution in [2.75, 3.05) is 0 Å². The summed E-state index contributed by atoms with van der Waals surface area (Å²) in [5.74, 6) is 1.08. The van der Waals surface area contributed by atoms with E-state index in [0.29, 0.717) is 38.3 Å². The summed E-state index contributed by atoms with van der Waals surface area (Å²) >= 11 is 3.33. The molecule has 0 unspecified atom stereocenters. The van der Waals surface area contributed by atoms with Crippen molar-refractivity contribution in [1.82, 2.24) is 9.97 Å². The van der Waals surface area contributed by atoms with Crippen LogP contribution in [0.4, 0.5) is 11.4 Å². The number of aromatic nitrogens is 2. The van der Waals surface area contributed by atoms with Gasteiger partial charge in [-0.25, -0.2) is 4.79 Å². The van der Waals surface area contributed by atoms with Crippen molar-refractivity contribution in [3.05, 3.63) is 79.4 Å². The van der Waals surface area contributed by atoms with Crippen LogP contribution in [0.5, 0.6) is 0 Å². The molecular weight excluding hydrogens is 416 g/mol. The molecule has 2 N–H and O–H groups in total. The van der Waals surface area contributed by atoms with E-state index in [1.807, 2.05) is 0 Å². The maximum atomic E-state index is 11.3. The molecule has 2 heterocycles. The maximum absolute atomic E-state index is 11.3. The first kappa shape index (κ1) is 17.0. The van der Waals surface area contributed by atoms with Crippen LogP contribution in [0.2, 0.25) is 0 Å². The summed E-state index contributed by atoms with van der Waals surface area (Å²) in [5, 5.41) is 10.8. The number of H-pyrrole nitrogens is 2. The summed E-state index contributed by atoms with van der Waals surface area (Å²) in [6, 6.07) is 13.3. The van der Waals surface area contributed by atoms with Crippen LogP contribution in [-0.4, -0.2) is 21.1 Å². The number of furan rings is 1. The Morgan fingerprint density at radius 1 is 1.07 bits per heavy atom. The molecule has 0 radical (unpaired) electrons. The molecule has 134 valence electrons. The quantitative estimate of drug-likeness (QED) is 0.283. The van der Waals surface area contributed by atoms with Crippen molar-refractivity contribution < 1.29 is 9.34 Å². The van der Waals surface area contributed by atoms with E-state index >= 15 is 0 Å². The lowest BCUT2D eigenvalue weighted by molar-refractivity contribution is -0.384. The number of nitrogens with one attached hydrogen (secondary N) is 2. The number of rotatable bonds is 4. The minimum atomic E-state index is -0.455. The van der Waals surface area contributed by atoms with E-state index in [-0.39, 0.29) is 11.4 Å². The van der Waals surface area contributed by atoms with Gasteiger partial charge in [0.15, 0.2) is 0 Å². The lowest BCUT2D eigenvalue weighted by atomic mass is 10.1. The van der Waals surface area contributed by atoms with E-state index in [1.165, 1.54) is 12.1 Å². The van der Waals surface area contributed by atoms with Gasteiger partial charge in [0, 0.05) is 22.2 Å². The van der Waals surface area contributed by atoms with Gasteiger partial charge in [-0.05, 0) is 52.3 Å². The van der Waals surface area contributed by atoms with Crippen molar-refractivity contribution in [3.8, 4) is 11.3 Å². The van der Waals surface area contributed by atoms with Crippen LogP contribution >= 0.6 is 15.9 Å². The number of imidazole rings is 1. The molecule has 2 aromatic heterocycles. The van der Waals surface area contributed by atoms with E-state index < -0.39 is 4.92 Å². The predicted octanol–water partition coefficient (Wildman–Crippen LogP) is 4.54. The SMILES string of the molecule is O=c1[nH]c2ccc(N=Cc3ccc(-c4ccc([N+](=O)[O-])cc4Br)o3)cc2[nH]1. The summed E-state index contributed by atoms with van der Waals surface area (Å²) in [7, 11) is 0. The van der Waals surface area contributed by atoms with E-state index in [4.69, 9.17) is 4.42 Å². The van der Waals surface area contributed by atoms with Crippen LogP contribution in [0, 0.1) is 10.1 Å². The average Bonchev–Trinajstić information content (AvgIpc) is 3.24. The Kier molecular flexibility index (Phi) is 4.21. The topological polar surface area (TPSA) is 117 Å². The molecule has 0 atom stereocenters. The monoisotopic (exact) mass is 426 g/mol. The van der Waals surface area contributed by atoms with E-state index in [2.05, 4.69) is 30.9 Å². The Morgan fingerprint density at radius 2 is 1.89 bits per heavy atom. The summed E-state index contributed by atoms with van der Waals surface area (Å²) in [5.41, 5.74) is 2.47. The molecule has 0 fully saturated rings.